The van der Waals surface area contributed by atoms with Crippen LogP contribution in [-0.2, 0) is 11.3 Å². The van der Waals surface area contributed by atoms with Gasteiger partial charge in [0.15, 0.2) is 0 Å². The van der Waals surface area contributed by atoms with Crippen LogP contribution >= 0.6 is 0 Å². The standard InChI is InChI=1S/C22H23FN2O3/c1-28-19-7-3-5-17(12-19)21(26)25-9-8-16-11-20(25)22(27)24(14-16)13-15-4-2-6-18(23)10-15/h2-7,10,12,16,20H,8-9,11,13-14H2,1H3/t16-,20+/m0/s1. The zero-order valence-electron chi connectivity index (χ0n) is 15.8. The summed E-state index contributed by atoms with van der Waals surface area (Å²) in [5, 5.41) is 0. The third-order valence-corrected chi connectivity index (χ3v) is 5.63. The Morgan fingerprint density at radius 3 is 2.82 bits per heavy atom. The average Bonchev–Trinajstić information content (AvgIpc) is 2.71. The number of hydrogen-bond acceptors (Lipinski definition) is 3. The Bertz CT molecular complexity index is 901. The van der Waals surface area contributed by atoms with Crippen molar-refractivity contribution in [3.05, 3.63) is 65.5 Å². The number of carbonyl (C=O) groups excluding carboxylic acids is 2. The molecule has 0 aromatic heterocycles. The van der Waals surface area contributed by atoms with Crippen molar-refractivity contribution in [3.63, 3.8) is 0 Å². The lowest BCUT2D eigenvalue weighted by atomic mass is 9.85. The predicted molar refractivity (Wildman–Crippen MR) is 102 cm³/mol. The van der Waals surface area contributed by atoms with Crippen LogP contribution in [0.2, 0.25) is 0 Å². The Morgan fingerprint density at radius 1 is 1.21 bits per heavy atom. The van der Waals surface area contributed by atoms with Gasteiger partial charge < -0.3 is 14.5 Å². The van der Waals surface area contributed by atoms with E-state index in [0.717, 1.165) is 12.0 Å². The van der Waals surface area contributed by atoms with E-state index >= 15 is 0 Å². The maximum absolute atomic E-state index is 13.5. The third-order valence-electron chi connectivity index (χ3n) is 5.63. The minimum Gasteiger partial charge on any atom is -0.497 e. The SMILES string of the molecule is COc1cccc(C(=O)N2CC[C@H]3C[C@@H]2C(=O)N(Cc2cccc(F)c2)C3)c1. The second-order valence-electron chi connectivity index (χ2n) is 7.49. The smallest absolute Gasteiger partial charge is 0.254 e. The fourth-order valence-electron chi connectivity index (χ4n) is 4.21. The molecule has 6 heteroatoms. The molecule has 0 radical (unpaired) electrons. The molecule has 2 amide bonds. The van der Waals surface area contributed by atoms with Crippen LogP contribution in [0.4, 0.5) is 4.39 Å². The molecule has 0 unspecified atom stereocenters. The van der Waals surface area contributed by atoms with Crippen molar-refractivity contribution in [3.8, 4) is 5.75 Å². The molecule has 0 aliphatic carbocycles. The molecule has 2 aromatic carbocycles. The first-order valence-corrected chi connectivity index (χ1v) is 9.53. The summed E-state index contributed by atoms with van der Waals surface area (Å²) >= 11 is 0. The molecule has 2 fully saturated rings. The van der Waals surface area contributed by atoms with Gasteiger partial charge in [-0.2, -0.15) is 0 Å². The number of piperidine rings is 2. The highest BCUT2D eigenvalue weighted by Gasteiger charge is 2.43. The van der Waals surface area contributed by atoms with E-state index in [1.54, 1.807) is 47.2 Å². The summed E-state index contributed by atoms with van der Waals surface area (Å²) in [6.07, 6.45) is 1.55. The van der Waals surface area contributed by atoms with Crippen LogP contribution in [0.5, 0.6) is 5.75 Å². The van der Waals surface area contributed by atoms with Crippen LogP contribution in [0.1, 0.15) is 28.8 Å². The van der Waals surface area contributed by atoms with Gasteiger partial charge in [0, 0.05) is 25.2 Å². The first-order valence-electron chi connectivity index (χ1n) is 9.53. The molecular weight excluding hydrogens is 359 g/mol. The van der Waals surface area contributed by atoms with Crippen molar-refractivity contribution in [1.29, 1.82) is 0 Å². The Morgan fingerprint density at radius 2 is 2.04 bits per heavy atom. The second-order valence-corrected chi connectivity index (χ2v) is 7.49. The molecule has 28 heavy (non-hydrogen) atoms. The maximum Gasteiger partial charge on any atom is 0.254 e. The van der Waals surface area contributed by atoms with Crippen molar-refractivity contribution >= 4 is 11.8 Å². The zero-order valence-corrected chi connectivity index (χ0v) is 15.8. The molecule has 2 heterocycles. The first kappa shape index (κ1) is 18.5. The van der Waals surface area contributed by atoms with Crippen LogP contribution < -0.4 is 4.74 Å². The van der Waals surface area contributed by atoms with Gasteiger partial charge in [-0.15, -0.1) is 0 Å². The van der Waals surface area contributed by atoms with Crippen molar-refractivity contribution in [2.75, 3.05) is 20.2 Å². The van der Waals surface area contributed by atoms with E-state index in [9.17, 15) is 14.0 Å². The molecule has 2 aliphatic rings. The van der Waals surface area contributed by atoms with Crippen molar-refractivity contribution in [1.82, 2.24) is 9.80 Å². The Hall–Kier alpha value is -2.89. The molecule has 2 aromatic rings. The molecule has 0 spiro atoms. The summed E-state index contributed by atoms with van der Waals surface area (Å²) in [6, 6.07) is 12.9. The van der Waals surface area contributed by atoms with Gasteiger partial charge in [0.25, 0.3) is 5.91 Å². The summed E-state index contributed by atoms with van der Waals surface area (Å²) in [5.41, 5.74) is 1.28. The molecule has 2 aliphatic heterocycles. The fourth-order valence-corrected chi connectivity index (χ4v) is 4.21. The molecule has 2 saturated heterocycles. The topological polar surface area (TPSA) is 49.9 Å². The summed E-state index contributed by atoms with van der Waals surface area (Å²) in [5.74, 6) is 0.464. The Kier molecular flexibility index (Phi) is 5.03. The molecule has 4 rings (SSSR count). The number of ether oxygens (including phenoxy) is 1. The number of benzene rings is 2. The van der Waals surface area contributed by atoms with Crippen LogP contribution in [0.3, 0.4) is 0 Å². The van der Waals surface area contributed by atoms with Gasteiger partial charge in [-0.3, -0.25) is 9.59 Å². The number of carbonyl (C=O) groups is 2. The third kappa shape index (κ3) is 3.59. The maximum atomic E-state index is 13.5. The van der Waals surface area contributed by atoms with Gasteiger partial charge >= 0.3 is 0 Å². The lowest BCUT2D eigenvalue weighted by Gasteiger charge is -2.46. The largest absolute Gasteiger partial charge is 0.497 e. The number of hydrogen-bond donors (Lipinski definition) is 0. The number of fused-ring (bicyclic) bond motifs is 2. The lowest BCUT2D eigenvalue weighted by molar-refractivity contribution is -0.144. The van der Waals surface area contributed by atoms with Crippen molar-refractivity contribution in [2.45, 2.75) is 25.4 Å². The molecule has 146 valence electrons. The van der Waals surface area contributed by atoms with Crippen LogP contribution in [0, 0.1) is 11.7 Å². The van der Waals surface area contributed by atoms with E-state index in [1.165, 1.54) is 12.1 Å². The molecule has 0 saturated carbocycles. The summed E-state index contributed by atoms with van der Waals surface area (Å²) in [7, 11) is 1.56. The van der Waals surface area contributed by atoms with E-state index in [-0.39, 0.29) is 17.6 Å². The highest BCUT2D eigenvalue weighted by atomic mass is 19.1. The molecule has 2 atom stereocenters. The van der Waals surface area contributed by atoms with Crippen LogP contribution in [-0.4, -0.2) is 47.9 Å². The number of rotatable bonds is 4. The number of nitrogens with zero attached hydrogens (tertiary/aromatic N) is 2. The van der Waals surface area contributed by atoms with E-state index in [4.69, 9.17) is 4.74 Å². The van der Waals surface area contributed by atoms with Gasteiger partial charge in [0.2, 0.25) is 5.91 Å². The Labute approximate surface area is 163 Å². The first-order chi connectivity index (χ1) is 13.5. The highest BCUT2D eigenvalue weighted by Crippen LogP contribution is 2.32. The Balaban J connectivity index is 1.54. The van der Waals surface area contributed by atoms with Gasteiger partial charge in [0.05, 0.1) is 7.11 Å². The number of likely N-dealkylation sites (tertiary alicyclic amines) is 2. The molecule has 5 nitrogen and oxygen atoms in total. The lowest BCUT2D eigenvalue weighted by Crippen LogP contribution is -2.59. The summed E-state index contributed by atoms with van der Waals surface area (Å²) in [4.78, 5) is 29.6. The van der Waals surface area contributed by atoms with Crippen LogP contribution in [0.15, 0.2) is 48.5 Å². The van der Waals surface area contributed by atoms with E-state index in [2.05, 4.69) is 0 Å². The van der Waals surface area contributed by atoms with E-state index < -0.39 is 6.04 Å². The summed E-state index contributed by atoms with van der Waals surface area (Å²) in [6.45, 7) is 1.60. The minimum absolute atomic E-state index is 0.0588. The molecule has 0 N–H and O–H groups in total. The van der Waals surface area contributed by atoms with Gasteiger partial charge in [-0.25, -0.2) is 4.39 Å². The van der Waals surface area contributed by atoms with E-state index in [0.29, 0.717) is 43.3 Å². The van der Waals surface area contributed by atoms with Gasteiger partial charge in [-0.05, 0) is 54.7 Å². The van der Waals surface area contributed by atoms with Crippen molar-refractivity contribution in [2.24, 2.45) is 5.92 Å². The summed E-state index contributed by atoms with van der Waals surface area (Å²) < 4.78 is 18.7. The fraction of sp³-hybridized carbons (Fsp3) is 0.364. The number of methoxy groups -OCH3 is 1. The number of amides is 2. The van der Waals surface area contributed by atoms with Gasteiger partial charge in [-0.1, -0.05) is 18.2 Å². The van der Waals surface area contributed by atoms with Crippen molar-refractivity contribution < 1.29 is 18.7 Å². The predicted octanol–water partition coefficient (Wildman–Crippen LogP) is 3.10. The highest BCUT2D eigenvalue weighted by molar-refractivity contribution is 5.98. The molecule has 2 bridgehead atoms. The van der Waals surface area contributed by atoms with Crippen LogP contribution in [0.25, 0.3) is 0 Å². The quantitative estimate of drug-likeness (QED) is 0.817. The minimum atomic E-state index is -0.459. The zero-order chi connectivity index (χ0) is 19.7. The normalized spacial score (nSPS) is 21.6. The molecular formula is C22H23FN2O3. The number of halogens is 1. The van der Waals surface area contributed by atoms with Gasteiger partial charge in [0.1, 0.15) is 17.6 Å². The average molecular weight is 382 g/mol. The monoisotopic (exact) mass is 382 g/mol. The van der Waals surface area contributed by atoms with E-state index in [1.807, 2.05) is 6.07 Å². The second kappa shape index (κ2) is 7.62.